The van der Waals surface area contributed by atoms with Gasteiger partial charge < -0.3 is 5.73 Å². The second kappa shape index (κ2) is 4.09. The average Bonchev–Trinajstić information content (AvgIpc) is 3.01. The fraction of sp³-hybridized carbons (Fsp3) is 0.500. The number of rotatable bonds is 3. The van der Waals surface area contributed by atoms with E-state index in [0.717, 1.165) is 18.4 Å². The Morgan fingerprint density at radius 1 is 1.19 bits per heavy atom. The molecule has 1 fully saturated rings. The van der Waals surface area contributed by atoms with E-state index in [0.29, 0.717) is 5.92 Å². The summed E-state index contributed by atoms with van der Waals surface area (Å²) in [6, 6.07) is 6.69. The first-order valence-electron chi connectivity index (χ1n) is 5.39. The lowest BCUT2D eigenvalue weighted by Crippen LogP contribution is -2.27. The smallest absolute Gasteiger partial charge is 0.330 e. The van der Waals surface area contributed by atoms with Gasteiger partial charge in [0.1, 0.15) is 0 Å². The van der Waals surface area contributed by atoms with Crippen molar-refractivity contribution in [1.29, 1.82) is 0 Å². The quantitative estimate of drug-likeness (QED) is 0.846. The van der Waals surface area contributed by atoms with Gasteiger partial charge in [0.05, 0.1) is 5.92 Å². The van der Waals surface area contributed by atoms with Crippen LogP contribution >= 0.6 is 0 Å². The summed E-state index contributed by atoms with van der Waals surface area (Å²) in [5, 5.41) is 0. The maximum Gasteiger partial charge on any atom is 0.396 e. The highest BCUT2D eigenvalue weighted by Crippen LogP contribution is 2.41. The molecule has 0 bridgehead atoms. The molecule has 1 nitrogen and oxygen atoms in total. The van der Waals surface area contributed by atoms with Crippen molar-refractivity contribution >= 4 is 0 Å². The monoisotopic (exact) mass is 229 g/mol. The third kappa shape index (κ3) is 2.38. The molecule has 2 rings (SSSR count). The van der Waals surface area contributed by atoms with Gasteiger partial charge in [0.2, 0.25) is 0 Å². The van der Waals surface area contributed by atoms with E-state index in [1.54, 1.807) is 24.3 Å². The average molecular weight is 229 g/mol. The van der Waals surface area contributed by atoms with Gasteiger partial charge in [0, 0.05) is 6.54 Å². The van der Waals surface area contributed by atoms with E-state index >= 15 is 0 Å². The van der Waals surface area contributed by atoms with Gasteiger partial charge in [-0.15, -0.1) is 0 Å². The highest BCUT2D eigenvalue weighted by molar-refractivity contribution is 5.30. The van der Waals surface area contributed by atoms with E-state index in [9.17, 15) is 13.2 Å². The van der Waals surface area contributed by atoms with Crippen LogP contribution in [0.25, 0.3) is 0 Å². The van der Waals surface area contributed by atoms with Gasteiger partial charge in [0.15, 0.2) is 0 Å². The highest BCUT2D eigenvalue weighted by atomic mass is 19.4. The van der Waals surface area contributed by atoms with Gasteiger partial charge in [-0.1, -0.05) is 24.3 Å². The number of nitrogens with two attached hydrogens (primary N) is 1. The number of halogens is 3. The molecule has 1 unspecified atom stereocenters. The molecule has 1 aliphatic rings. The lowest BCUT2D eigenvalue weighted by molar-refractivity contribution is -0.148. The van der Waals surface area contributed by atoms with Crippen LogP contribution in [0.2, 0.25) is 0 Å². The molecule has 16 heavy (non-hydrogen) atoms. The molecule has 1 aliphatic carbocycles. The summed E-state index contributed by atoms with van der Waals surface area (Å²) in [5.41, 5.74) is 6.58. The lowest BCUT2D eigenvalue weighted by atomic mass is 9.97. The normalized spacial score (nSPS) is 18.5. The molecule has 4 heteroatoms. The predicted octanol–water partition coefficient (Wildman–Crippen LogP) is 3.17. The fourth-order valence-corrected chi connectivity index (χ4v) is 1.88. The van der Waals surface area contributed by atoms with Crippen LogP contribution in [0.5, 0.6) is 0 Å². The minimum atomic E-state index is -4.25. The minimum absolute atomic E-state index is 0.263. The maximum absolute atomic E-state index is 12.6. The molecule has 1 aromatic carbocycles. The van der Waals surface area contributed by atoms with Gasteiger partial charge in [-0.25, -0.2) is 0 Å². The second-order valence-electron chi connectivity index (χ2n) is 4.27. The number of alkyl halides is 3. The zero-order chi connectivity index (χ0) is 11.8. The molecule has 0 heterocycles. The Morgan fingerprint density at radius 3 is 2.12 bits per heavy atom. The molecule has 1 saturated carbocycles. The standard InChI is InChI=1S/C12H14F3N/c13-12(14,15)11(7-16)10-5-3-9(4-6-10)8-1-2-8/h3-6,8,11H,1-2,7,16H2. The van der Waals surface area contributed by atoms with Gasteiger partial charge in [-0.2, -0.15) is 13.2 Å². The first-order chi connectivity index (χ1) is 7.52. The Kier molecular flexibility index (Phi) is 2.93. The molecule has 88 valence electrons. The minimum Gasteiger partial charge on any atom is -0.330 e. The third-order valence-corrected chi connectivity index (χ3v) is 3.02. The first kappa shape index (κ1) is 11.5. The van der Waals surface area contributed by atoms with Crippen LogP contribution in [-0.2, 0) is 0 Å². The van der Waals surface area contributed by atoms with Crippen molar-refractivity contribution in [2.45, 2.75) is 30.9 Å². The van der Waals surface area contributed by atoms with E-state index < -0.39 is 18.6 Å². The number of hydrogen-bond acceptors (Lipinski definition) is 1. The summed E-state index contributed by atoms with van der Waals surface area (Å²) in [6.07, 6.45) is -1.95. The molecule has 0 aliphatic heterocycles. The summed E-state index contributed by atoms with van der Waals surface area (Å²) in [4.78, 5) is 0. The van der Waals surface area contributed by atoms with Crippen LogP contribution in [0.4, 0.5) is 13.2 Å². The van der Waals surface area contributed by atoms with Crippen molar-refractivity contribution in [3.63, 3.8) is 0 Å². The SMILES string of the molecule is NCC(c1ccc(C2CC2)cc1)C(F)(F)F. The number of benzene rings is 1. The third-order valence-electron chi connectivity index (χ3n) is 3.02. The molecule has 0 radical (unpaired) electrons. The van der Waals surface area contributed by atoms with Crippen LogP contribution in [-0.4, -0.2) is 12.7 Å². The van der Waals surface area contributed by atoms with Crippen molar-refractivity contribution in [1.82, 2.24) is 0 Å². The maximum atomic E-state index is 12.6. The van der Waals surface area contributed by atoms with Gasteiger partial charge >= 0.3 is 6.18 Å². The molecule has 2 N–H and O–H groups in total. The fourth-order valence-electron chi connectivity index (χ4n) is 1.88. The molecule has 0 saturated heterocycles. The van der Waals surface area contributed by atoms with Crippen molar-refractivity contribution < 1.29 is 13.2 Å². The first-order valence-corrected chi connectivity index (χ1v) is 5.39. The Bertz CT molecular complexity index is 352. The van der Waals surface area contributed by atoms with Crippen molar-refractivity contribution in [3.05, 3.63) is 35.4 Å². The van der Waals surface area contributed by atoms with Gasteiger partial charge in [0.25, 0.3) is 0 Å². The van der Waals surface area contributed by atoms with Gasteiger partial charge in [-0.05, 0) is 29.9 Å². The van der Waals surface area contributed by atoms with Crippen LogP contribution in [0.1, 0.15) is 35.8 Å². The van der Waals surface area contributed by atoms with E-state index in [4.69, 9.17) is 5.73 Å². The molecule has 0 amide bonds. The largest absolute Gasteiger partial charge is 0.396 e. The zero-order valence-corrected chi connectivity index (χ0v) is 8.80. The Hall–Kier alpha value is -1.03. The molecular weight excluding hydrogens is 215 g/mol. The van der Waals surface area contributed by atoms with Crippen molar-refractivity contribution in [2.24, 2.45) is 5.73 Å². The van der Waals surface area contributed by atoms with E-state index in [1.165, 1.54) is 0 Å². The van der Waals surface area contributed by atoms with E-state index in [2.05, 4.69) is 0 Å². The van der Waals surface area contributed by atoms with Gasteiger partial charge in [-0.3, -0.25) is 0 Å². The summed E-state index contributed by atoms with van der Waals surface area (Å²) in [7, 11) is 0. The van der Waals surface area contributed by atoms with Crippen molar-refractivity contribution in [2.75, 3.05) is 6.54 Å². The Labute approximate surface area is 92.5 Å². The molecular formula is C12H14F3N. The van der Waals surface area contributed by atoms with Crippen LogP contribution < -0.4 is 5.73 Å². The van der Waals surface area contributed by atoms with Crippen LogP contribution in [0.15, 0.2) is 24.3 Å². The summed E-state index contributed by atoms with van der Waals surface area (Å²) in [5.74, 6) is -0.975. The second-order valence-corrected chi connectivity index (χ2v) is 4.27. The summed E-state index contributed by atoms with van der Waals surface area (Å²) in [6.45, 7) is -0.397. The number of hydrogen-bond donors (Lipinski definition) is 1. The molecule has 1 atom stereocenters. The van der Waals surface area contributed by atoms with Crippen molar-refractivity contribution in [3.8, 4) is 0 Å². The highest BCUT2D eigenvalue weighted by Gasteiger charge is 2.39. The molecule has 1 aromatic rings. The molecule has 0 aromatic heterocycles. The van der Waals surface area contributed by atoms with E-state index in [1.807, 2.05) is 0 Å². The lowest BCUT2D eigenvalue weighted by Gasteiger charge is -2.19. The predicted molar refractivity (Wildman–Crippen MR) is 56.3 cm³/mol. The summed E-state index contributed by atoms with van der Waals surface area (Å²) < 4.78 is 37.8. The zero-order valence-electron chi connectivity index (χ0n) is 8.80. The van der Waals surface area contributed by atoms with Crippen LogP contribution in [0.3, 0.4) is 0 Å². The Balaban J connectivity index is 2.18. The van der Waals surface area contributed by atoms with E-state index in [-0.39, 0.29) is 5.56 Å². The molecule has 0 spiro atoms. The Morgan fingerprint density at radius 2 is 1.75 bits per heavy atom. The summed E-state index contributed by atoms with van der Waals surface area (Å²) >= 11 is 0. The topological polar surface area (TPSA) is 26.0 Å². The van der Waals surface area contributed by atoms with Crippen LogP contribution in [0, 0.1) is 0 Å².